The van der Waals surface area contributed by atoms with Gasteiger partial charge in [0.15, 0.2) is 16.8 Å². The van der Waals surface area contributed by atoms with Crippen LogP contribution in [0.3, 0.4) is 0 Å². The molecule has 0 fully saturated rings. The largest absolute Gasteiger partial charge is 0.347 e. The lowest BCUT2D eigenvalue weighted by atomic mass is 10.1. The second-order valence-corrected chi connectivity index (χ2v) is 7.48. The van der Waals surface area contributed by atoms with Crippen molar-refractivity contribution in [2.75, 3.05) is 5.75 Å². The smallest absolute Gasteiger partial charge is 0.191 e. The minimum Gasteiger partial charge on any atom is -0.347 e. The van der Waals surface area contributed by atoms with E-state index in [2.05, 4.69) is 26.7 Å². The maximum atomic E-state index is 13.0. The first-order valence-electron chi connectivity index (χ1n) is 9.15. The van der Waals surface area contributed by atoms with Crippen molar-refractivity contribution in [2.24, 2.45) is 7.05 Å². The van der Waals surface area contributed by atoms with Crippen LogP contribution in [-0.4, -0.2) is 35.9 Å². The van der Waals surface area contributed by atoms with Gasteiger partial charge in [-0.3, -0.25) is 9.78 Å². The molecule has 0 radical (unpaired) electrons. The standard InChI is InChI=1S/C21H21N5OS/c1-4-26-20(15-9-11-22-12-10-15)23-24-21(26)28-13-18(27)19-14(2)25(3)17-8-6-5-7-16(17)19/h5-12H,4,13H2,1-3H3. The second kappa shape index (κ2) is 7.59. The predicted octanol–water partition coefficient (Wildman–Crippen LogP) is 4.14. The van der Waals surface area contributed by atoms with Crippen LogP contribution in [0.4, 0.5) is 0 Å². The van der Waals surface area contributed by atoms with Gasteiger partial charge in [0.25, 0.3) is 0 Å². The number of benzene rings is 1. The number of pyridine rings is 1. The third-order valence-electron chi connectivity index (χ3n) is 4.98. The molecular formula is C21H21N5OS. The van der Waals surface area contributed by atoms with E-state index in [1.54, 1.807) is 12.4 Å². The Morgan fingerprint density at radius 3 is 2.61 bits per heavy atom. The minimum atomic E-state index is 0.107. The Morgan fingerprint density at radius 2 is 1.86 bits per heavy atom. The lowest BCUT2D eigenvalue weighted by Gasteiger charge is -2.07. The molecule has 0 aliphatic carbocycles. The minimum absolute atomic E-state index is 0.107. The second-order valence-electron chi connectivity index (χ2n) is 6.53. The Bertz CT molecular complexity index is 1150. The Labute approximate surface area is 167 Å². The van der Waals surface area contributed by atoms with Crippen LogP contribution in [0.5, 0.6) is 0 Å². The molecule has 3 heterocycles. The average Bonchev–Trinajstić information content (AvgIpc) is 3.26. The summed E-state index contributed by atoms with van der Waals surface area (Å²) in [4.78, 5) is 17.1. The molecule has 0 amide bonds. The molecule has 0 N–H and O–H groups in total. The number of Topliss-reactive ketones (excluding diaryl/α,β-unsaturated/α-hetero) is 1. The maximum Gasteiger partial charge on any atom is 0.191 e. The molecule has 0 atom stereocenters. The van der Waals surface area contributed by atoms with Crippen molar-refractivity contribution in [1.82, 2.24) is 24.3 Å². The average molecular weight is 392 g/mol. The molecule has 0 saturated carbocycles. The summed E-state index contributed by atoms with van der Waals surface area (Å²) in [6.07, 6.45) is 3.48. The molecule has 142 valence electrons. The zero-order valence-electron chi connectivity index (χ0n) is 16.1. The molecule has 0 unspecified atom stereocenters. The topological polar surface area (TPSA) is 65.6 Å². The van der Waals surface area contributed by atoms with Crippen LogP contribution in [0.25, 0.3) is 22.3 Å². The summed E-state index contributed by atoms with van der Waals surface area (Å²) in [5.41, 5.74) is 3.82. The molecule has 7 heteroatoms. The first-order chi connectivity index (χ1) is 13.6. The summed E-state index contributed by atoms with van der Waals surface area (Å²) in [5, 5.41) is 10.4. The van der Waals surface area contributed by atoms with E-state index >= 15 is 0 Å². The summed E-state index contributed by atoms with van der Waals surface area (Å²) in [5.74, 6) is 1.22. The Morgan fingerprint density at radius 1 is 1.11 bits per heavy atom. The maximum absolute atomic E-state index is 13.0. The molecular weight excluding hydrogens is 370 g/mol. The fourth-order valence-electron chi connectivity index (χ4n) is 3.47. The van der Waals surface area contributed by atoms with Crippen molar-refractivity contribution < 1.29 is 4.79 Å². The lowest BCUT2D eigenvalue weighted by molar-refractivity contribution is 0.102. The number of thioether (sulfide) groups is 1. The Kier molecular flexibility index (Phi) is 5.00. The highest BCUT2D eigenvalue weighted by Gasteiger charge is 2.20. The predicted molar refractivity (Wildman–Crippen MR) is 112 cm³/mol. The van der Waals surface area contributed by atoms with Gasteiger partial charge in [-0.05, 0) is 32.0 Å². The normalized spacial score (nSPS) is 11.2. The van der Waals surface area contributed by atoms with Crippen LogP contribution in [0.2, 0.25) is 0 Å². The molecule has 3 aromatic heterocycles. The molecule has 1 aromatic carbocycles. The van der Waals surface area contributed by atoms with E-state index in [0.29, 0.717) is 5.75 Å². The zero-order valence-corrected chi connectivity index (χ0v) is 16.9. The molecule has 0 bridgehead atoms. The van der Waals surface area contributed by atoms with Crippen LogP contribution in [-0.2, 0) is 13.6 Å². The van der Waals surface area contributed by atoms with Crippen LogP contribution in [0.15, 0.2) is 53.9 Å². The number of fused-ring (bicyclic) bond motifs is 1. The lowest BCUT2D eigenvalue weighted by Crippen LogP contribution is -2.07. The van der Waals surface area contributed by atoms with Crippen molar-refractivity contribution in [2.45, 2.75) is 25.5 Å². The summed E-state index contributed by atoms with van der Waals surface area (Å²) in [7, 11) is 2.00. The van der Waals surface area contributed by atoms with Crippen molar-refractivity contribution in [1.29, 1.82) is 0 Å². The number of ketones is 1. The molecule has 0 spiro atoms. The summed E-state index contributed by atoms with van der Waals surface area (Å²) in [6, 6.07) is 11.8. The van der Waals surface area contributed by atoms with Crippen molar-refractivity contribution in [3.63, 3.8) is 0 Å². The number of carbonyl (C=O) groups is 1. The highest BCUT2D eigenvalue weighted by atomic mass is 32.2. The van der Waals surface area contributed by atoms with Gasteiger partial charge in [0.1, 0.15) is 0 Å². The number of carbonyl (C=O) groups excluding carboxylic acids is 1. The summed E-state index contributed by atoms with van der Waals surface area (Å²) in [6.45, 7) is 4.78. The first-order valence-corrected chi connectivity index (χ1v) is 10.1. The number of nitrogens with zero attached hydrogens (tertiary/aromatic N) is 5. The number of hydrogen-bond acceptors (Lipinski definition) is 5. The molecule has 0 saturated heterocycles. The van der Waals surface area contributed by atoms with Crippen molar-refractivity contribution in [3.05, 3.63) is 60.0 Å². The molecule has 6 nitrogen and oxygen atoms in total. The quantitative estimate of drug-likeness (QED) is 0.365. The number of aryl methyl sites for hydroxylation is 1. The van der Waals surface area contributed by atoms with Gasteiger partial charge in [-0.2, -0.15) is 0 Å². The number of aromatic nitrogens is 5. The van der Waals surface area contributed by atoms with E-state index in [1.807, 2.05) is 54.9 Å². The van der Waals surface area contributed by atoms with E-state index in [-0.39, 0.29) is 5.78 Å². The third-order valence-corrected chi connectivity index (χ3v) is 5.95. The van der Waals surface area contributed by atoms with E-state index < -0.39 is 0 Å². The van der Waals surface area contributed by atoms with Crippen molar-refractivity contribution in [3.8, 4) is 11.4 Å². The number of hydrogen-bond donors (Lipinski definition) is 0. The SMILES string of the molecule is CCn1c(SCC(=O)c2c(C)n(C)c3ccccc23)nnc1-c1ccncc1. The van der Waals surface area contributed by atoms with Gasteiger partial charge in [-0.15, -0.1) is 10.2 Å². The Hall–Kier alpha value is -2.93. The van der Waals surface area contributed by atoms with Gasteiger partial charge < -0.3 is 9.13 Å². The highest BCUT2D eigenvalue weighted by molar-refractivity contribution is 7.99. The first kappa shape index (κ1) is 18.4. The van der Waals surface area contributed by atoms with Gasteiger partial charge >= 0.3 is 0 Å². The monoisotopic (exact) mass is 391 g/mol. The fourth-order valence-corrected chi connectivity index (χ4v) is 4.34. The molecule has 0 aliphatic rings. The number of para-hydroxylation sites is 1. The van der Waals surface area contributed by atoms with E-state index in [1.165, 1.54) is 11.8 Å². The van der Waals surface area contributed by atoms with Gasteiger partial charge in [0.05, 0.1) is 5.75 Å². The van der Waals surface area contributed by atoms with E-state index in [4.69, 9.17) is 0 Å². The van der Waals surface area contributed by atoms with Gasteiger partial charge in [0.2, 0.25) is 0 Å². The summed E-state index contributed by atoms with van der Waals surface area (Å²) < 4.78 is 4.10. The molecule has 0 aliphatic heterocycles. The van der Waals surface area contributed by atoms with Crippen LogP contribution in [0, 0.1) is 6.92 Å². The van der Waals surface area contributed by atoms with Gasteiger partial charge in [-0.25, -0.2) is 0 Å². The van der Waals surface area contributed by atoms with Crippen LogP contribution < -0.4 is 0 Å². The Balaban J connectivity index is 1.60. The summed E-state index contributed by atoms with van der Waals surface area (Å²) >= 11 is 1.43. The van der Waals surface area contributed by atoms with E-state index in [9.17, 15) is 4.79 Å². The highest BCUT2D eigenvalue weighted by Crippen LogP contribution is 2.28. The van der Waals surface area contributed by atoms with Gasteiger partial charge in [-0.1, -0.05) is 30.0 Å². The zero-order chi connectivity index (χ0) is 19.7. The van der Waals surface area contributed by atoms with Crippen molar-refractivity contribution >= 4 is 28.4 Å². The van der Waals surface area contributed by atoms with Crippen LogP contribution in [0.1, 0.15) is 23.0 Å². The third kappa shape index (κ3) is 3.11. The molecule has 4 rings (SSSR count). The molecule has 28 heavy (non-hydrogen) atoms. The number of rotatable bonds is 6. The molecule has 4 aromatic rings. The van der Waals surface area contributed by atoms with E-state index in [0.717, 1.165) is 45.2 Å². The van der Waals surface area contributed by atoms with Gasteiger partial charge in [0, 0.05) is 53.7 Å². The van der Waals surface area contributed by atoms with Crippen LogP contribution >= 0.6 is 11.8 Å². The fraction of sp³-hybridized carbons (Fsp3) is 0.238.